The maximum absolute atomic E-state index is 13.4. The molecule has 9 heteroatoms. The predicted molar refractivity (Wildman–Crippen MR) is 114 cm³/mol. The number of nitrogens with two attached hydrogens (primary N) is 1. The van der Waals surface area contributed by atoms with Crippen molar-refractivity contribution in [3.63, 3.8) is 0 Å². The molecule has 0 bridgehead atoms. The lowest BCUT2D eigenvalue weighted by Crippen LogP contribution is -2.34. The molecule has 168 valence electrons. The summed E-state index contributed by atoms with van der Waals surface area (Å²) in [5.41, 5.74) is 8.52. The highest BCUT2D eigenvalue weighted by Crippen LogP contribution is 2.33. The second kappa shape index (κ2) is 8.38. The van der Waals surface area contributed by atoms with Crippen molar-refractivity contribution in [3.05, 3.63) is 64.5 Å². The number of hydrogen-bond donors (Lipinski definition) is 1. The molecule has 0 fully saturated rings. The van der Waals surface area contributed by atoms with E-state index in [1.807, 2.05) is 6.92 Å². The van der Waals surface area contributed by atoms with Crippen LogP contribution < -0.4 is 5.73 Å². The number of amides is 1. The third kappa shape index (κ3) is 4.00. The highest BCUT2D eigenvalue weighted by Gasteiger charge is 2.31. The van der Waals surface area contributed by atoms with E-state index >= 15 is 0 Å². The van der Waals surface area contributed by atoms with Gasteiger partial charge in [-0.15, -0.1) is 0 Å². The first-order valence-electron chi connectivity index (χ1n) is 10.3. The van der Waals surface area contributed by atoms with Crippen molar-refractivity contribution in [3.8, 4) is 0 Å². The molecule has 0 saturated carbocycles. The Morgan fingerprint density at radius 2 is 1.97 bits per heavy atom. The van der Waals surface area contributed by atoms with Crippen LogP contribution in [0.3, 0.4) is 0 Å². The highest BCUT2D eigenvalue weighted by atomic mass is 19.4. The summed E-state index contributed by atoms with van der Waals surface area (Å²) in [4.78, 5) is 23.4. The van der Waals surface area contributed by atoms with Crippen molar-refractivity contribution in [2.45, 2.75) is 45.7 Å². The topological polar surface area (TPSA) is 81.3 Å². The monoisotopic (exact) mass is 444 g/mol. The van der Waals surface area contributed by atoms with Crippen molar-refractivity contribution in [2.75, 3.05) is 12.3 Å². The van der Waals surface area contributed by atoms with Gasteiger partial charge in [-0.2, -0.15) is 13.2 Å². The molecular weight excluding hydrogens is 421 g/mol. The zero-order chi connectivity index (χ0) is 23.0. The van der Waals surface area contributed by atoms with E-state index < -0.39 is 17.8 Å². The van der Waals surface area contributed by atoms with Crippen molar-refractivity contribution in [1.29, 1.82) is 0 Å². The molecule has 2 N–H and O–H groups in total. The van der Waals surface area contributed by atoms with Crippen LogP contribution in [0.4, 0.5) is 19.0 Å². The number of benzene rings is 1. The molecule has 3 aromatic rings. The number of nitrogens with zero attached hydrogens (tertiary/aromatic N) is 3. The molecule has 0 radical (unpaired) electrons. The van der Waals surface area contributed by atoms with Gasteiger partial charge in [-0.3, -0.25) is 9.78 Å². The number of carbonyl (C=O) groups is 1. The van der Waals surface area contributed by atoms with Crippen molar-refractivity contribution >= 4 is 22.6 Å². The van der Waals surface area contributed by atoms with E-state index in [0.717, 1.165) is 28.8 Å². The van der Waals surface area contributed by atoms with E-state index in [-0.39, 0.29) is 5.91 Å². The SMILES string of the molecule is CCCN(C(=O)c1ccc2nc(N)c3c(c2c1)COC3)[C@H](C)c1ccc(C(F)(F)F)cn1. The number of alkyl halides is 3. The number of ether oxygens (including phenoxy) is 1. The Hall–Kier alpha value is -3.20. The Kier molecular flexibility index (Phi) is 5.77. The van der Waals surface area contributed by atoms with Gasteiger partial charge in [0, 0.05) is 29.3 Å². The standard InChI is InChI=1S/C23H23F3N4O2/c1-3-8-30(13(2)19-7-5-15(10-28-19)23(24,25)26)22(31)14-4-6-20-16(9-14)17-11-32-12-18(17)21(27)29-20/h4-7,9-10,13H,3,8,11-12H2,1-2H3,(H2,27,29)/t13-/m1/s1. The molecular formula is C23H23F3N4O2. The number of fused-ring (bicyclic) bond motifs is 3. The van der Waals surface area contributed by atoms with E-state index in [0.29, 0.717) is 48.8 Å². The van der Waals surface area contributed by atoms with Gasteiger partial charge in [0.1, 0.15) is 5.82 Å². The second-order valence-corrected chi connectivity index (χ2v) is 7.82. The normalized spacial score (nSPS) is 14.4. The lowest BCUT2D eigenvalue weighted by molar-refractivity contribution is -0.137. The van der Waals surface area contributed by atoms with Crippen LogP contribution in [0, 0.1) is 0 Å². The van der Waals surface area contributed by atoms with Gasteiger partial charge in [0.25, 0.3) is 5.91 Å². The summed E-state index contributed by atoms with van der Waals surface area (Å²) in [6, 6.07) is 7.04. The molecule has 1 aliphatic heterocycles. The molecule has 2 aromatic heterocycles. The summed E-state index contributed by atoms with van der Waals surface area (Å²) in [6.45, 7) is 4.92. The van der Waals surface area contributed by atoms with E-state index in [9.17, 15) is 18.0 Å². The zero-order valence-electron chi connectivity index (χ0n) is 17.7. The number of carbonyl (C=O) groups excluding carboxylic acids is 1. The van der Waals surface area contributed by atoms with Crippen LogP contribution in [0.1, 0.15) is 59.1 Å². The molecule has 0 saturated heterocycles. The van der Waals surface area contributed by atoms with E-state index in [2.05, 4.69) is 9.97 Å². The van der Waals surface area contributed by atoms with E-state index in [1.54, 1.807) is 30.0 Å². The molecule has 3 heterocycles. The summed E-state index contributed by atoms with van der Waals surface area (Å²) in [6.07, 6.45) is -2.97. The molecule has 1 aliphatic rings. The fourth-order valence-corrected chi connectivity index (χ4v) is 3.96. The third-order valence-electron chi connectivity index (χ3n) is 5.71. The average molecular weight is 444 g/mol. The highest BCUT2D eigenvalue weighted by molar-refractivity contribution is 5.99. The van der Waals surface area contributed by atoms with Crippen molar-refractivity contribution in [1.82, 2.24) is 14.9 Å². The van der Waals surface area contributed by atoms with Gasteiger partial charge in [0.15, 0.2) is 0 Å². The maximum Gasteiger partial charge on any atom is 0.417 e. The van der Waals surface area contributed by atoms with Crippen LogP contribution in [-0.2, 0) is 24.1 Å². The van der Waals surface area contributed by atoms with Crippen molar-refractivity contribution < 1.29 is 22.7 Å². The molecule has 32 heavy (non-hydrogen) atoms. The Labute approximate surface area is 183 Å². The minimum Gasteiger partial charge on any atom is -0.383 e. The maximum atomic E-state index is 13.4. The molecule has 1 amide bonds. The number of nitrogen functional groups attached to an aromatic ring is 1. The summed E-state index contributed by atoms with van der Waals surface area (Å²) < 4.78 is 44.1. The first-order valence-corrected chi connectivity index (χ1v) is 10.3. The van der Waals surface area contributed by atoms with Crippen LogP contribution in [0.5, 0.6) is 0 Å². The fourth-order valence-electron chi connectivity index (χ4n) is 3.96. The van der Waals surface area contributed by atoms with E-state index in [1.165, 1.54) is 6.07 Å². The second-order valence-electron chi connectivity index (χ2n) is 7.82. The van der Waals surface area contributed by atoms with Gasteiger partial charge < -0.3 is 15.4 Å². The first kappa shape index (κ1) is 22.0. The van der Waals surface area contributed by atoms with Crippen LogP contribution >= 0.6 is 0 Å². The van der Waals surface area contributed by atoms with Gasteiger partial charge in [0.05, 0.1) is 36.0 Å². The fraction of sp³-hybridized carbons (Fsp3) is 0.348. The van der Waals surface area contributed by atoms with Gasteiger partial charge in [-0.1, -0.05) is 6.92 Å². The molecule has 1 atom stereocenters. The minimum absolute atomic E-state index is 0.229. The number of hydrogen-bond acceptors (Lipinski definition) is 5. The van der Waals surface area contributed by atoms with Gasteiger partial charge in [-0.05, 0) is 49.2 Å². The molecule has 6 nitrogen and oxygen atoms in total. The summed E-state index contributed by atoms with van der Waals surface area (Å²) in [5, 5.41) is 0.814. The largest absolute Gasteiger partial charge is 0.417 e. The van der Waals surface area contributed by atoms with Crippen LogP contribution in [0.25, 0.3) is 10.9 Å². The predicted octanol–water partition coefficient (Wildman–Crippen LogP) is 4.87. The molecule has 0 aliphatic carbocycles. The first-order chi connectivity index (χ1) is 15.2. The smallest absolute Gasteiger partial charge is 0.383 e. The summed E-state index contributed by atoms with van der Waals surface area (Å²) in [5.74, 6) is 0.200. The Balaban J connectivity index is 1.67. The van der Waals surface area contributed by atoms with Gasteiger partial charge >= 0.3 is 6.18 Å². The number of anilines is 1. The van der Waals surface area contributed by atoms with Crippen LogP contribution in [-0.4, -0.2) is 27.3 Å². The zero-order valence-corrected chi connectivity index (χ0v) is 17.7. The number of rotatable bonds is 5. The van der Waals surface area contributed by atoms with Gasteiger partial charge in [-0.25, -0.2) is 4.98 Å². The Bertz CT molecular complexity index is 1160. The number of aromatic nitrogens is 2. The van der Waals surface area contributed by atoms with Crippen molar-refractivity contribution in [2.24, 2.45) is 0 Å². The van der Waals surface area contributed by atoms with Crippen LogP contribution in [0.15, 0.2) is 36.5 Å². The molecule has 0 spiro atoms. The Morgan fingerprint density at radius 1 is 1.22 bits per heavy atom. The molecule has 1 aromatic carbocycles. The third-order valence-corrected chi connectivity index (χ3v) is 5.71. The minimum atomic E-state index is -4.46. The van der Waals surface area contributed by atoms with Gasteiger partial charge in [0.2, 0.25) is 0 Å². The average Bonchev–Trinajstić information content (AvgIpc) is 3.27. The molecule has 0 unspecified atom stereocenters. The lowest BCUT2D eigenvalue weighted by Gasteiger charge is -2.29. The number of pyridine rings is 2. The summed E-state index contributed by atoms with van der Waals surface area (Å²) >= 11 is 0. The van der Waals surface area contributed by atoms with Crippen LogP contribution in [0.2, 0.25) is 0 Å². The van der Waals surface area contributed by atoms with E-state index in [4.69, 9.17) is 10.5 Å². The quantitative estimate of drug-likeness (QED) is 0.607. The number of halogens is 3. The lowest BCUT2D eigenvalue weighted by atomic mass is 10.0. The molecule has 4 rings (SSSR count). The Morgan fingerprint density at radius 3 is 2.62 bits per heavy atom. The summed E-state index contributed by atoms with van der Waals surface area (Å²) in [7, 11) is 0.